The summed E-state index contributed by atoms with van der Waals surface area (Å²) in [7, 11) is 0. The molecular weight excluding hydrogens is 574 g/mol. The minimum atomic E-state index is -1.51. The molecule has 1 aliphatic rings. The zero-order valence-corrected chi connectivity index (χ0v) is 26.1. The number of carboxylic acid groups (broad SMARTS) is 1. The maximum atomic E-state index is 12.2. The molecule has 0 aromatic rings. The molecule has 0 aromatic heterocycles. The number of hydrogen-bond donors (Lipinski definition) is 7. The first-order valence-electron chi connectivity index (χ1n) is 14.6. The third kappa shape index (κ3) is 15.5. The van der Waals surface area contributed by atoms with Crippen molar-refractivity contribution in [3.8, 4) is 0 Å². The maximum Gasteiger partial charge on any atom is 0.306 e. The van der Waals surface area contributed by atoms with Gasteiger partial charge in [-0.1, -0.05) is 98.7 Å². The minimum absolute atomic E-state index is 0.146. The van der Waals surface area contributed by atoms with E-state index in [1.807, 2.05) is 26.8 Å². The molecular formula is C33H48ClNO8. The lowest BCUT2D eigenvalue weighted by molar-refractivity contribution is -0.144. The predicted molar refractivity (Wildman–Crippen MR) is 169 cm³/mol. The van der Waals surface area contributed by atoms with Crippen LogP contribution in [0.1, 0.15) is 53.4 Å². The number of aliphatic carboxylic acids is 1. The first kappa shape index (κ1) is 38.2. The van der Waals surface area contributed by atoms with Crippen molar-refractivity contribution in [1.29, 1.82) is 0 Å². The lowest BCUT2D eigenvalue weighted by atomic mass is 9.84. The third-order valence-corrected chi connectivity index (χ3v) is 7.52. The molecule has 0 radical (unpaired) electrons. The highest BCUT2D eigenvalue weighted by atomic mass is 35.5. The molecule has 1 fully saturated rings. The van der Waals surface area contributed by atoms with Gasteiger partial charge in [0, 0.05) is 23.4 Å². The zero-order valence-electron chi connectivity index (χ0n) is 25.3. The molecule has 0 heterocycles. The van der Waals surface area contributed by atoms with Gasteiger partial charge in [0.1, 0.15) is 6.10 Å². The lowest BCUT2D eigenvalue weighted by Crippen LogP contribution is -2.47. The smallest absolute Gasteiger partial charge is 0.306 e. The molecule has 9 nitrogen and oxygen atoms in total. The Morgan fingerprint density at radius 1 is 0.884 bits per heavy atom. The van der Waals surface area contributed by atoms with Crippen LogP contribution in [0.15, 0.2) is 83.5 Å². The van der Waals surface area contributed by atoms with Crippen LogP contribution >= 0.6 is 11.6 Å². The number of aliphatic hydroxyl groups is 5. The molecule has 1 rings (SSSR count). The van der Waals surface area contributed by atoms with Gasteiger partial charge in [-0.3, -0.25) is 9.59 Å². The highest BCUT2D eigenvalue weighted by Gasteiger charge is 2.33. The molecule has 10 heteroatoms. The van der Waals surface area contributed by atoms with Crippen molar-refractivity contribution in [2.45, 2.75) is 89.9 Å². The fraction of sp³-hybridized carbons (Fsp3) is 0.515. The van der Waals surface area contributed by atoms with E-state index in [0.717, 1.165) is 5.57 Å². The maximum absolute atomic E-state index is 12.2. The number of rotatable bonds is 16. The van der Waals surface area contributed by atoms with Crippen LogP contribution in [0.25, 0.3) is 0 Å². The Morgan fingerprint density at radius 3 is 2.16 bits per heavy atom. The number of carbonyl (C=O) groups is 2. The van der Waals surface area contributed by atoms with Crippen LogP contribution in [0.4, 0.5) is 0 Å². The molecule has 1 saturated carbocycles. The second kappa shape index (κ2) is 20.2. The topological polar surface area (TPSA) is 168 Å². The van der Waals surface area contributed by atoms with Gasteiger partial charge in [-0.15, -0.1) is 0 Å². The molecule has 0 saturated heterocycles. The molecule has 0 bridgehead atoms. The van der Waals surface area contributed by atoms with Gasteiger partial charge in [-0.2, -0.15) is 0 Å². The second-order valence-electron chi connectivity index (χ2n) is 11.3. The minimum Gasteiger partial charge on any atom is -0.481 e. The molecule has 0 spiro atoms. The Bertz CT molecular complexity index is 1090. The van der Waals surface area contributed by atoms with Gasteiger partial charge in [-0.25, -0.2) is 0 Å². The van der Waals surface area contributed by atoms with Crippen molar-refractivity contribution in [3.63, 3.8) is 0 Å². The van der Waals surface area contributed by atoms with E-state index in [1.165, 1.54) is 12.2 Å². The normalized spacial score (nSPS) is 24.4. The fourth-order valence-corrected chi connectivity index (χ4v) is 4.51. The molecule has 0 aromatic carbocycles. The molecule has 240 valence electrons. The fourth-order valence-electron chi connectivity index (χ4n) is 4.31. The Balaban J connectivity index is 2.57. The number of carbonyl (C=O) groups excluding carboxylic acids is 1. The summed E-state index contributed by atoms with van der Waals surface area (Å²) in [6, 6.07) is -0.600. The van der Waals surface area contributed by atoms with Crippen molar-refractivity contribution in [2.75, 3.05) is 0 Å². The number of amides is 1. The molecule has 1 amide bonds. The van der Waals surface area contributed by atoms with Crippen molar-refractivity contribution < 1.29 is 40.2 Å². The Labute approximate surface area is 260 Å². The summed E-state index contributed by atoms with van der Waals surface area (Å²) in [5.41, 5.74) is 0.858. The largest absolute Gasteiger partial charge is 0.481 e. The van der Waals surface area contributed by atoms with Gasteiger partial charge in [0.05, 0.1) is 36.4 Å². The van der Waals surface area contributed by atoms with Gasteiger partial charge in [-0.05, 0) is 38.2 Å². The Morgan fingerprint density at radius 2 is 1.51 bits per heavy atom. The third-order valence-electron chi connectivity index (χ3n) is 7.05. The Hall–Kier alpha value is -2.79. The van der Waals surface area contributed by atoms with E-state index in [0.29, 0.717) is 18.8 Å². The zero-order chi connectivity index (χ0) is 32.5. The first-order valence-corrected chi connectivity index (χ1v) is 14.9. The van der Waals surface area contributed by atoms with Crippen LogP contribution in [0.5, 0.6) is 0 Å². The first-order chi connectivity index (χ1) is 20.2. The summed E-state index contributed by atoms with van der Waals surface area (Å²) in [5.74, 6) is -2.23. The SMILES string of the molecule is CC(/C=C/C=C/C(=O)N[C@@H]1C[C@@H](C(=O)O)CC[C@@H]1O)=C\C=C\C=C(/Cl)[C@@H](C)[C@@H](O)[C@H](O)[C@H](O)C[C@@H](O)/C=C/C=C/C(C)C. The monoisotopic (exact) mass is 621 g/mol. The average Bonchev–Trinajstić information content (AvgIpc) is 2.95. The van der Waals surface area contributed by atoms with Crippen LogP contribution < -0.4 is 5.32 Å². The Kier molecular flexibility index (Phi) is 18.0. The highest BCUT2D eigenvalue weighted by Crippen LogP contribution is 2.25. The molecule has 0 aliphatic heterocycles. The van der Waals surface area contributed by atoms with Gasteiger partial charge in [0.25, 0.3) is 0 Å². The number of hydrogen-bond acceptors (Lipinski definition) is 7. The van der Waals surface area contributed by atoms with Crippen LogP contribution in [0.2, 0.25) is 0 Å². The second-order valence-corrected chi connectivity index (χ2v) is 11.7. The number of nitrogens with one attached hydrogen (secondary N) is 1. The van der Waals surface area contributed by atoms with Crippen molar-refractivity contribution in [1.82, 2.24) is 5.32 Å². The van der Waals surface area contributed by atoms with E-state index in [4.69, 9.17) is 11.6 Å². The van der Waals surface area contributed by atoms with Gasteiger partial charge >= 0.3 is 5.97 Å². The van der Waals surface area contributed by atoms with E-state index in [9.17, 15) is 40.2 Å². The number of allylic oxidation sites excluding steroid dienone is 11. The predicted octanol–water partition coefficient (Wildman–Crippen LogP) is 3.69. The number of aliphatic hydroxyl groups excluding tert-OH is 5. The summed E-state index contributed by atoms with van der Waals surface area (Å²) < 4.78 is 0. The lowest BCUT2D eigenvalue weighted by Gasteiger charge is -2.31. The van der Waals surface area contributed by atoms with E-state index in [2.05, 4.69) is 5.32 Å². The highest BCUT2D eigenvalue weighted by molar-refractivity contribution is 6.30. The summed E-state index contributed by atoms with van der Waals surface area (Å²) >= 11 is 6.30. The summed E-state index contributed by atoms with van der Waals surface area (Å²) in [6.45, 7) is 7.51. The van der Waals surface area contributed by atoms with Crippen molar-refractivity contribution >= 4 is 23.5 Å². The molecule has 7 N–H and O–H groups in total. The van der Waals surface area contributed by atoms with Crippen LogP contribution in [0.3, 0.4) is 0 Å². The summed E-state index contributed by atoms with van der Waals surface area (Å²) in [5, 5.41) is 63.4. The molecule has 8 atom stereocenters. The molecule has 0 unspecified atom stereocenters. The van der Waals surface area contributed by atoms with E-state index in [-0.39, 0.29) is 17.9 Å². The van der Waals surface area contributed by atoms with Crippen LogP contribution in [-0.4, -0.2) is 79.1 Å². The number of halogens is 1. The summed E-state index contributed by atoms with van der Waals surface area (Å²) in [6.07, 6.45) is 14.7. The van der Waals surface area contributed by atoms with E-state index in [1.54, 1.807) is 61.6 Å². The molecule has 43 heavy (non-hydrogen) atoms. The van der Waals surface area contributed by atoms with E-state index < -0.39 is 60.3 Å². The van der Waals surface area contributed by atoms with Crippen LogP contribution in [-0.2, 0) is 9.59 Å². The summed E-state index contributed by atoms with van der Waals surface area (Å²) in [4.78, 5) is 23.3. The molecule has 1 aliphatic carbocycles. The quantitative estimate of drug-likeness (QED) is 0.101. The van der Waals surface area contributed by atoms with Gasteiger partial charge in [0.15, 0.2) is 0 Å². The van der Waals surface area contributed by atoms with Crippen molar-refractivity contribution in [2.24, 2.45) is 17.8 Å². The van der Waals surface area contributed by atoms with Crippen molar-refractivity contribution in [3.05, 3.63) is 83.5 Å². The number of carboxylic acids is 1. The standard InChI is InChI=1S/C33H48ClNO8/c1-21(2)11-5-8-14-25(36)20-29(38)32(41)31(40)23(4)26(34)15-9-6-12-22(3)13-7-10-16-30(39)35-27-19-24(33(42)43)17-18-28(27)37/h5-16,21,23-25,27-29,31-32,36-38,40-41H,17-20H2,1-4H3,(H,35,39)(H,42,43)/b9-6+,11-5+,13-7+,14-8+,16-10+,22-12+,26-15-/t23-,24+,25+,27-,28+,29-,31-,32-/m1/s1. The van der Waals surface area contributed by atoms with Gasteiger partial charge < -0.3 is 36.0 Å². The van der Waals surface area contributed by atoms with E-state index >= 15 is 0 Å². The van der Waals surface area contributed by atoms with Crippen LogP contribution in [0, 0.1) is 17.8 Å². The van der Waals surface area contributed by atoms with Gasteiger partial charge in [0.2, 0.25) is 5.91 Å². The average molecular weight is 622 g/mol.